The number of nitrogens with zero attached hydrogens (tertiary/aromatic N) is 2. The molecule has 31 heavy (non-hydrogen) atoms. The van der Waals surface area contributed by atoms with Crippen LogP contribution in [0.3, 0.4) is 0 Å². The van der Waals surface area contributed by atoms with Crippen LogP contribution < -0.4 is 4.74 Å². The molecular weight excluding hydrogens is 392 g/mol. The minimum atomic E-state index is -0.156. The number of hydrogen-bond donors (Lipinski definition) is 1. The smallest absolute Gasteiger partial charge is 0.260 e. The quantitative estimate of drug-likeness (QED) is 0.704. The normalized spacial score (nSPS) is 18.5. The Balaban J connectivity index is 1.59. The Morgan fingerprint density at radius 2 is 1.68 bits per heavy atom. The standard InChI is InChI=1S/C25H32N2O4/c1-19-7-6-8-20(2)27(19)24(29)18-31-23-13-11-22(12-14-23)25(30)26(15-16-28)17-21-9-4-3-5-10-21/h3-5,9-14,19-20,28H,6-8,15-18H2,1-2H3. The molecule has 0 aromatic heterocycles. The van der Waals surface area contributed by atoms with Crippen molar-refractivity contribution in [3.05, 3.63) is 65.7 Å². The van der Waals surface area contributed by atoms with Gasteiger partial charge in [0.2, 0.25) is 0 Å². The molecule has 2 aromatic rings. The van der Waals surface area contributed by atoms with E-state index in [0.717, 1.165) is 24.8 Å². The Hall–Kier alpha value is -2.86. The summed E-state index contributed by atoms with van der Waals surface area (Å²) in [5.41, 5.74) is 1.52. The molecule has 2 amide bonds. The van der Waals surface area contributed by atoms with E-state index in [1.54, 1.807) is 29.2 Å². The van der Waals surface area contributed by atoms with Gasteiger partial charge >= 0.3 is 0 Å². The molecule has 0 bridgehead atoms. The first-order valence-corrected chi connectivity index (χ1v) is 11.0. The van der Waals surface area contributed by atoms with Crippen LogP contribution >= 0.6 is 0 Å². The van der Waals surface area contributed by atoms with Gasteiger partial charge in [-0.15, -0.1) is 0 Å². The number of piperidine rings is 1. The molecule has 0 radical (unpaired) electrons. The highest BCUT2D eigenvalue weighted by atomic mass is 16.5. The number of amides is 2. The predicted octanol–water partition coefficient (Wildman–Crippen LogP) is 3.49. The molecule has 1 fully saturated rings. The van der Waals surface area contributed by atoms with E-state index in [1.807, 2.05) is 35.2 Å². The molecule has 1 aliphatic rings. The molecular formula is C25H32N2O4. The van der Waals surface area contributed by atoms with E-state index in [0.29, 0.717) is 17.9 Å². The van der Waals surface area contributed by atoms with Crippen molar-refractivity contribution in [2.24, 2.45) is 0 Å². The van der Waals surface area contributed by atoms with Gasteiger partial charge in [0.1, 0.15) is 5.75 Å². The molecule has 1 N–H and O–H groups in total. The van der Waals surface area contributed by atoms with Crippen LogP contribution in [-0.4, -0.2) is 58.6 Å². The van der Waals surface area contributed by atoms with Crippen molar-refractivity contribution >= 4 is 11.8 Å². The largest absolute Gasteiger partial charge is 0.484 e. The van der Waals surface area contributed by atoms with Gasteiger partial charge in [0.05, 0.1) is 6.61 Å². The van der Waals surface area contributed by atoms with Crippen LogP contribution in [0, 0.1) is 0 Å². The lowest BCUT2D eigenvalue weighted by Gasteiger charge is -2.38. The molecule has 2 unspecified atom stereocenters. The van der Waals surface area contributed by atoms with E-state index >= 15 is 0 Å². The van der Waals surface area contributed by atoms with Crippen LogP contribution in [0.25, 0.3) is 0 Å². The number of carbonyl (C=O) groups is 2. The van der Waals surface area contributed by atoms with Gasteiger partial charge in [-0.2, -0.15) is 0 Å². The molecule has 2 aromatic carbocycles. The molecule has 6 heteroatoms. The zero-order chi connectivity index (χ0) is 22.2. The number of aliphatic hydroxyl groups excluding tert-OH is 1. The SMILES string of the molecule is CC1CCCC(C)N1C(=O)COc1ccc(C(=O)N(CCO)Cc2ccccc2)cc1. The zero-order valence-corrected chi connectivity index (χ0v) is 18.4. The summed E-state index contributed by atoms with van der Waals surface area (Å²) in [6.07, 6.45) is 3.21. The average molecular weight is 425 g/mol. The van der Waals surface area contributed by atoms with E-state index < -0.39 is 0 Å². The van der Waals surface area contributed by atoms with Gasteiger partial charge in [-0.1, -0.05) is 30.3 Å². The van der Waals surface area contributed by atoms with Crippen molar-refractivity contribution in [3.8, 4) is 5.75 Å². The second-order valence-electron chi connectivity index (χ2n) is 8.18. The molecule has 1 aliphatic heterocycles. The van der Waals surface area contributed by atoms with Gasteiger partial charge < -0.3 is 19.6 Å². The predicted molar refractivity (Wildman–Crippen MR) is 120 cm³/mol. The summed E-state index contributed by atoms with van der Waals surface area (Å²) >= 11 is 0. The van der Waals surface area contributed by atoms with Crippen LogP contribution in [0.1, 0.15) is 49.0 Å². The number of likely N-dealkylation sites (tertiary alicyclic amines) is 1. The van der Waals surface area contributed by atoms with Crippen molar-refractivity contribution in [3.63, 3.8) is 0 Å². The monoisotopic (exact) mass is 424 g/mol. The highest BCUT2D eigenvalue weighted by Crippen LogP contribution is 2.23. The fourth-order valence-corrected chi connectivity index (χ4v) is 4.19. The number of rotatable bonds is 8. The summed E-state index contributed by atoms with van der Waals surface area (Å²) in [4.78, 5) is 29.1. The summed E-state index contributed by atoms with van der Waals surface area (Å²) in [5, 5.41) is 9.37. The molecule has 1 heterocycles. The molecule has 0 spiro atoms. The van der Waals surface area contributed by atoms with Crippen LogP contribution in [0.5, 0.6) is 5.75 Å². The highest BCUT2D eigenvalue weighted by Gasteiger charge is 2.29. The zero-order valence-electron chi connectivity index (χ0n) is 18.4. The highest BCUT2D eigenvalue weighted by molar-refractivity contribution is 5.94. The van der Waals surface area contributed by atoms with Gasteiger partial charge in [-0.25, -0.2) is 0 Å². The van der Waals surface area contributed by atoms with E-state index in [1.165, 1.54) is 0 Å². The lowest BCUT2D eigenvalue weighted by Crippen LogP contribution is -2.49. The van der Waals surface area contributed by atoms with E-state index in [4.69, 9.17) is 4.74 Å². The second-order valence-corrected chi connectivity index (χ2v) is 8.18. The van der Waals surface area contributed by atoms with Gasteiger partial charge in [-0.05, 0) is 62.9 Å². The molecule has 1 saturated heterocycles. The first-order valence-electron chi connectivity index (χ1n) is 11.0. The number of ether oxygens (including phenoxy) is 1. The number of aliphatic hydroxyl groups is 1. The summed E-state index contributed by atoms with van der Waals surface area (Å²) < 4.78 is 5.70. The first kappa shape index (κ1) is 22.8. The third-order valence-corrected chi connectivity index (χ3v) is 5.82. The van der Waals surface area contributed by atoms with Crippen LogP contribution in [0.15, 0.2) is 54.6 Å². The van der Waals surface area contributed by atoms with Crippen molar-refractivity contribution < 1.29 is 19.4 Å². The molecule has 3 rings (SSSR count). The summed E-state index contributed by atoms with van der Waals surface area (Å²) in [7, 11) is 0. The number of benzene rings is 2. The Kier molecular flexibility index (Phi) is 8.06. The van der Waals surface area contributed by atoms with Crippen molar-refractivity contribution in [1.29, 1.82) is 0 Å². The maximum Gasteiger partial charge on any atom is 0.260 e. The number of carbonyl (C=O) groups excluding carboxylic acids is 2. The van der Waals surface area contributed by atoms with E-state index in [-0.39, 0.29) is 43.7 Å². The van der Waals surface area contributed by atoms with Crippen molar-refractivity contribution in [2.75, 3.05) is 19.8 Å². The van der Waals surface area contributed by atoms with Crippen LogP contribution in [-0.2, 0) is 11.3 Å². The first-order chi connectivity index (χ1) is 15.0. The minimum absolute atomic E-state index is 0.00293. The Bertz CT molecular complexity index is 844. The molecule has 2 atom stereocenters. The second kappa shape index (κ2) is 11.0. The third-order valence-electron chi connectivity index (χ3n) is 5.82. The topological polar surface area (TPSA) is 70.1 Å². The Morgan fingerprint density at radius 3 is 2.29 bits per heavy atom. The summed E-state index contributed by atoms with van der Waals surface area (Å²) in [5.74, 6) is 0.396. The lowest BCUT2D eigenvalue weighted by molar-refractivity contribution is -0.139. The molecule has 0 aliphatic carbocycles. The van der Waals surface area contributed by atoms with Gasteiger partial charge in [0.15, 0.2) is 6.61 Å². The fourth-order valence-electron chi connectivity index (χ4n) is 4.19. The lowest BCUT2D eigenvalue weighted by atomic mass is 9.97. The third kappa shape index (κ3) is 6.07. The average Bonchev–Trinajstić information content (AvgIpc) is 2.78. The minimum Gasteiger partial charge on any atom is -0.484 e. The molecule has 0 saturated carbocycles. The van der Waals surface area contributed by atoms with Crippen molar-refractivity contribution in [1.82, 2.24) is 9.80 Å². The van der Waals surface area contributed by atoms with Crippen LogP contribution in [0.2, 0.25) is 0 Å². The van der Waals surface area contributed by atoms with Gasteiger partial charge in [-0.3, -0.25) is 9.59 Å². The maximum absolute atomic E-state index is 12.9. The Morgan fingerprint density at radius 1 is 1.03 bits per heavy atom. The van der Waals surface area contributed by atoms with E-state index in [9.17, 15) is 14.7 Å². The number of hydrogen-bond acceptors (Lipinski definition) is 4. The fraction of sp³-hybridized carbons (Fsp3) is 0.440. The van der Waals surface area contributed by atoms with Crippen LogP contribution in [0.4, 0.5) is 0 Å². The molecule has 166 valence electrons. The van der Waals surface area contributed by atoms with Crippen molar-refractivity contribution in [2.45, 2.75) is 51.7 Å². The molecule has 6 nitrogen and oxygen atoms in total. The summed E-state index contributed by atoms with van der Waals surface area (Å²) in [6.45, 7) is 4.75. The summed E-state index contributed by atoms with van der Waals surface area (Å²) in [6, 6.07) is 17.0. The van der Waals surface area contributed by atoms with Gasteiger partial charge in [0, 0.05) is 30.7 Å². The Labute approximate surface area is 184 Å². The maximum atomic E-state index is 12.9. The van der Waals surface area contributed by atoms with E-state index in [2.05, 4.69) is 13.8 Å². The van der Waals surface area contributed by atoms with Gasteiger partial charge in [0.25, 0.3) is 11.8 Å².